The highest BCUT2D eigenvalue weighted by Gasteiger charge is 2.45. The van der Waals surface area contributed by atoms with Crippen LogP contribution in [0.15, 0.2) is 42.5 Å². The molecule has 26 nitrogen and oxygen atoms in total. The molecule has 0 aliphatic carbocycles. The summed E-state index contributed by atoms with van der Waals surface area (Å²) in [6.07, 6.45) is 2.64. The molecule has 0 fully saturated rings. The van der Waals surface area contributed by atoms with Gasteiger partial charge in [0.25, 0.3) is 0 Å². The number of hydrogen-bond donors (Lipinski definition) is 5. The number of ether oxygens (including phenoxy) is 3. The van der Waals surface area contributed by atoms with Crippen LogP contribution in [0.1, 0.15) is 187 Å². The van der Waals surface area contributed by atoms with Crippen LogP contribution >= 0.6 is 0 Å². The summed E-state index contributed by atoms with van der Waals surface area (Å²) >= 11 is 0. The van der Waals surface area contributed by atoms with E-state index in [9.17, 15) is 62.6 Å². The average Bonchev–Trinajstić information content (AvgIpc) is 0.813. The van der Waals surface area contributed by atoms with Crippen molar-refractivity contribution in [2.75, 3.05) is 62.5 Å². The molecule has 0 unspecified atom stereocenters. The number of likely N-dealkylation sites (N-methyl/N-ethyl adjacent to an activating group) is 5. The molecule has 1 aromatic rings. The molecule has 584 valence electrons. The first-order valence-corrected chi connectivity index (χ1v) is 36.7. The topological polar surface area (TPSA) is 334 Å². The van der Waals surface area contributed by atoms with E-state index in [1.54, 1.807) is 95.5 Å². The minimum Gasteiger partial charge on any atom is -0.480 e. The number of allylic oxidation sites excluding steroid dienone is 2. The fourth-order valence-electron chi connectivity index (χ4n) is 12.5. The van der Waals surface area contributed by atoms with Gasteiger partial charge in [0.15, 0.2) is 11.6 Å². The van der Waals surface area contributed by atoms with Gasteiger partial charge in [-0.1, -0.05) is 146 Å². The Balaban J connectivity index is 3.48. The fraction of sp³-hybridized carbons (Fsp3) is 0.727. The summed E-state index contributed by atoms with van der Waals surface area (Å²) in [5, 5.41) is 21.2. The van der Waals surface area contributed by atoms with E-state index in [1.807, 2.05) is 71.9 Å². The van der Waals surface area contributed by atoms with E-state index in [0.717, 1.165) is 17.4 Å². The summed E-state index contributed by atoms with van der Waals surface area (Å²) in [7, 11) is 10.5. The van der Waals surface area contributed by atoms with E-state index in [-0.39, 0.29) is 81.7 Å². The van der Waals surface area contributed by atoms with Gasteiger partial charge < -0.3 is 65.1 Å². The first kappa shape index (κ1) is 93.4. The van der Waals surface area contributed by atoms with Crippen LogP contribution in [0.2, 0.25) is 0 Å². The molecule has 0 saturated carbocycles. The molecule has 0 aromatic heterocycles. The highest BCUT2D eigenvalue weighted by Crippen LogP contribution is 2.28. The molecule has 103 heavy (non-hydrogen) atoms. The van der Waals surface area contributed by atoms with Crippen molar-refractivity contribution in [2.45, 2.75) is 243 Å². The third-order valence-electron chi connectivity index (χ3n) is 19.0. The van der Waals surface area contributed by atoms with E-state index < -0.39 is 167 Å². The third-order valence-corrected chi connectivity index (χ3v) is 19.0. The second-order valence-electron chi connectivity index (χ2n) is 30.1. The van der Waals surface area contributed by atoms with Crippen LogP contribution in [0.5, 0.6) is 0 Å². The molecule has 8 amide bonds. The quantitative estimate of drug-likeness (QED) is 0.0305. The monoisotopic (exact) mass is 1450 g/mol. The Kier molecular flexibility index (Phi) is 42.0. The van der Waals surface area contributed by atoms with Gasteiger partial charge in [0, 0.05) is 99.4 Å². The van der Waals surface area contributed by atoms with Crippen molar-refractivity contribution in [3.63, 3.8) is 0 Å². The number of carboxylic acids is 1. The van der Waals surface area contributed by atoms with Crippen molar-refractivity contribution in [2.24, 2.45) is 59.2 Å². The number of carboxylic acid groups (broad SMARTS) is 1. The number of rotatable bonds is 48. The van der Waals surface area contributed by atoms with Crippen LogP contribution in [0.3, 0.4) is 0 Å². The van der Waals surface area contributed by atoms with Crippen molar-refractivity contribution in [3.05, 3.63) is 48.0 Å². The maximum absolute atomic E-state index is 15.0. The maximum Gasteiger partial charge on any atom is 0.409 e. The molecule has 26 heteroatoms. The summed E-state index contributed by atoms with van der Waals surface area (Å²) in [4.78, 5) is 189. The number of carbonyl (C=O) groups is 13. The van der Waals surface area contributed by atoms with Crippen molar-refractivity contribution in [1.82, 2.24) is 45.8 Å². The fourth-order valence-corrected chi connectivity index (χ4v) is 12.5. The number of nitrogens with zero attached hydrogens (tertiary/aromatic N) is 5. The smallest absolute Gasteiger partial charge is 0.409 e. The summed E-state index contributed by atoms with van der Waals surface area (Å²) in [6, 6.07) is -0.0773. The number of benzene rings is 1. The zero-order chi connectivity index (χ0) is 79.0. The Morgan fingerprint density at radius 2 is 1.07 bits per heavy atom. The molecule has 0 aliphatic rings. The number of amides is 8. The van der Waals surface area contributed by atoms with Crippen molar-refractivity contribution < 1.29 is 81.6 Å². The van der Waals surface area contributed by atoms with Crippen molar-refractivity contribution >= 4 is 76.7 Å². The van der Waals surface area contributed by atoms with E-state index in [2.05, 4.69) is 21.3 Å². The molecule has 0 bridgehead atoms. The summed E-state index contributed by atoms with van der Waals surface area (Å²) in [5.74, 6) is -13.1. The minimum absolute atomic E-state index is 0.0000216. The Hall–Kier alpha value is -7.61. The predicted molar refractivity (Wildman–Crippen MR) is 395 cm³/mol. The Morgan fingerprint density at radius 3 is 1.56 bits per heavy atom. The van der Waals surface area contributed by atoms with Gasteiger partial charge >= 0.3 is 18.0 Å². The Bertz CT molecular complexity index is 2960. The van der Waals surface area contributed by atoms with Gasteiger partial charge in [0.2, 0.25) is 41.4 Å². The number of esters is 1. The molecule has 0 saturated heterocycles. The first-order valence-electron chi connectivity index (χ1n) is 36.7. The van der Waals surface area contributed by atoms with E-state index in [0.29, 0.717) is 25.8 Å². The second kappa shape index (κ2) is 46.3. The van der Waals surface area contributed by atoms with Crippen molar-refractivity contribution in [3.8, 4) is 0 Å². The zero-order valence-corrected chi connectivity index (χ0v) is 66.4. The maximum atomic E-state index is 15.0. The average molecular weight is 1450 g/mol. The highest BCUT2D eigenvalue weighted by molar-refractivity contribution is 5.99. The van der Waals surface area contributed by atoms with Gasteiger partial charge in [-0.05, 0) is 106 Å². The van der Waals surface area contributed by atoms with E-state index in [4.69, 9.17) is 14.2 Å². The van der Waals surface area contributed by atoms with Crippen LogP contribution in [0.4, 0.5) is 4.79 Å². The predicted octanol–water partition coefficient (Wildman–Crippen LogP) is 7.91. The normalized spacial score (nSPS) is 15.8. The number of ketones is 3. The van der Waals surface area contributed by atoms with Crippen LogP contribution in [-0.2, 0) is 78.4 Å². The number of methoxy groups -OCH3 is 1. The van der Waals surface area contributed by atoms with Gasteiger partial charge in [-0.2, -0.15) is 0 Å². The lowest BCUT2D eigenvalue weighted by Gasteiger charge is -2.39. The molecule has 0 spiro atoms. The van der Waals surface area contributed by atoms with Crippen molar-refractivity contribution in [1.29, 1.82) is 0 Å². The number of hydrogen-bond acceptors (Lipinski definition) is 17. The number of aliphatic carboxylic acids is 1. The lowest BCUT2D eigenvalue weighted by atomic mass is 9.85. The molecule has 0 aliphatic heterocycles. The molecule has 0 radical (unpaired) electrons. The van der Waals surface area contributed by atoms with Gasteiger partial charge in [0.1, 0.15) is 54.7 Å². The number of Topliss-reactive ketones (excluding diaryl/α,β-unsaturated/α-hetero) is 3. The second-order valence-corrected chi connectivity index (χ2v) is 30.1. The van der Waals surface area contributed by atoms with Crippen LogP contribution in [-0.4, -0.2) is 223 Å². The van der Waals surface area contributed by atoms with Gasteiger partial charge in [-0.15, -0.1) is 0 Å². The highest BCUT2D eigenvalue weighted by atomic mass is 16.6. The van der Waals surface area contributed by atoms with Crippen LogP contribution in [0, 0.1) is 59.2 Å². The van der Waals surface area contributed by atoms with E-state index in [1.165, 1.54) is 54.9 Å². The van der Waals surface area contributed by atoms with Gasteiger partial charge in [-0.25, -0.2) is 9.59 Å². The summed E-state index contributed by atoms with van der Waals surface area (Å²) in [6.45, 7) is 29.8. The largest absolute Gasteiger partial charge is 0.480 e. The van der Waals surface area contributed by atoms with Gasteiger partial charge in [-0.3, -0.25) is 52.7 Å². The Labute approximate surface area is 614 Å². The summed E-state index contributed by atoms with van der Waals surface area (Å²) < 4.78 is 16.6. The molecular formula is C77H129N9O17. The molecule has 1 aromatic carbocycles. The SMILES string of the molecule is C/C=C/C[C@@H](C)[C@@H](OC(C)=O)[C@@H](C(=O)N[C@@H](CC)C(=O)O)N(C)C(=O)[C@@H](NC(=O)[C@H](CC(C)C)N(C)C(=O)[C@H](CC(C)C)N(C)C(=O)[C@@H](C)CC(=O)[C@H](C)CC(=O)[C@H](CC(C)C)N(C)C(=O)[C@@H](NC(=O)[C@@H](CC(=O)[C@@H](CCCN(C)C(=O)OCc1ccccc1)NC)[C@H](C)COC)C(C)C)C(C)C. The number of carbonyl (C=O) groups excluding carboxylic acids is 12. The molecular weight excluding hydrogens is 1320 g/mol. The van der Waals surface area contributed by atoms with Crippen LogP contribution < -0.4 is 21.3 Å². The lowest BCUT2D eigenvalue weighted by molar-refractivity contribution is -0.162. The Morgan fingerprint density at radius 1 is 0.563 bits per heavy atom. The summed E-state index contributed by atoms with van der Waals surface area (Å²) in [5.41, 5.74) is 0.848. The molecule has 1 rings (SSSR count). The zero-order valence-electron chi connectivity index (χ0n) is 66.4. The molecule has 5 N–H and O–H groups in total. The van der Waals surface area contributed by atoms with Crippen LogP contribution in [0.25, 0.3) is 0 Å². The standard InChI is InChI=1S/C77H129N9O17/c1-25-27-32-50(13)68(103-54(17)87)67(71(93)79-57(26-2)76(98)99)86(23)75(97)66(49(11)12)81-70(92)60(38-46(5)6)84(21)73(95)61(39-47(7)8)85(22)72(94)52(15)41-62(88)51(14)40-64(90)59(37-45(3)4)83(20)74(96)65(48(9)10)80-69(91)56(53(16)43-101-24)42-63(89)58(78-18)35-31-36-82(19)77(100)102-44-55-33-29-28-30-34-55/h25,27-30,33-34,45-53,56-61,65-68,78H,26,31-32,35-44H2,1-24H3,(H,79,93)(H,80,91)(H,81,92)(H,98,99)/b27-25+/t50-,51-,52+,53-,56+,57+,58-,59+,60+,61+,65+,66+,67+,68-/m1/s1. The lowest BCUT2D eigenvalue weighted by Crippen LogP contribution is -2.63. The third kappa shape index (κ3) is 30.6. The first-order chi connectivity index (χ1) is 48.0. The van der Waals surface area contributed by atoms with Gasteiger partial charge in [0.05, 0.1) is 12.1 Å². The molecule has 0 heterocycles. The molecule has 14 atom stereocenters. The van der Waals surface area contributed by atoms with E-state index >= 15 is 4.79 Å². The number of nitrogens with one attached hydrogen (secondary N) is 4. The minimum atomic E-state index is -1.56.